The van der Waals surface area contributed by atoms with Crippen LogP contribution in [0.5, 0.6) is 11.5 Å². The molecule has 2 aromatic rings. The Morgan fingerprint density at radius 1 is 0.893 bits per heavy atom. The lowest BCUT2D eigenvalue weighted by atomic mass is 10.0. The van der Waals surface area contributed by atoms with Crippen LogP contribution in [-0.4, -0.2) is 18.7 Å². The summed E-state index contributed by atoms with van der Waals surface area (Å²) in [6.45, 7) is 6.49. The lowest BCUT2D eigenvalue weighted by Crippen LogP contribution is -2.27. The highest BCUT2D eigenvalue weighted by atomic mass is 19.1. The van der Waals surface area contributed by atoms with Crippen LogP contribution in [0.15, 0.2) is 48.5 Å². The first-order chi connectivity index (χ1) is 13.5. The third-order valence-corrected chi connectivity index (χ3v) is 4.90. The van der Waals surface area contributed by atoms with Gasteiger partial charge in [0.15, 0.2) is 6.17 Å². The van der Waals surface area contributed by atoms with Crippen LogP contribution in [-0.2, 0) is 4.79 Å². The zero-order chi connectivity index (χ0) is 20.4. The Bertz CT molecular complexity index is 710. The highest BCUT2D eigenvalue weighted by Gasteiger charge is 2.25. The molecule has 2 aromatic carbocycles. The molecular weight excluding hydrogens is 355 g/mol. The Labute approximate surface area is 167 Å². The zero-order valence-corrected chi connectivity index (χ0v) is 17.1. The van der Waals surface area contributed by atoms with Crippen LogP contribution in [0.3, 0.4) is 0 Å². The molecule has 0 spiro atoms. The molecule has 0 radical (unpaired) electrons. The smallest absolute Gasteiger partial charge is 0.346 e. The molecule has 0 amide bonds. The van der Waals surface area contributed by atoms with E-state index >= 15 is 0 Å². The van der Waals surface area contributed by atoms with Crippen LogP contribution in [0.4, 0.5) is 4.39 Å². The Kier molecular flexibility index (Phi) is 8.99. The van der Waals surface area contributed by atoms with Gasteiger partial charge in [0.05, 0.1) is 6.61 Å². The van der Waals surface area contributed by atoms with Crippen molar-refractivity contribution in [3.63, 3.8) is 0 Å². The standard InChI is InChI=1S/C24H31FO3/c1-4-6-7-8-17-27-21-13-9-19(10-14-21)20-11-15-22(16-12-20)28-24(26)23(25)18(3)5-2/h9-16,18,23H,4-8,17H2,1-3H3. The van der Waals surface area contributed by atoms with Gasteiger partial charge in [0.1, 0.15) is 11.5 Å². The van der Waals surface area contributed by atoms with Crippen LogP contribution in [0.2, 0.25) is 0 Å². The van der Waals surface area contributed by atoms with Crippen molar-refractivity contribution in [3.8, 4) is 22.6 Å². The van der Waals surface area contributed by atoms with E-state index in [2.05, 4.69) is 6.92 Å². The van der Waals surface area contributed by atoms with E-state index in [4.69, 9.17) is 9.47 Å². The predicted molar refractivity (Wildman–Crippen MR) is 112 cm³/mol. The Balaban J connectivity index is 1.89. The Morgan fingerprint density at radius 3 is 2.00 bits per heavy atom. The second-order valence-electron chi connectivity index (χ2n) is 7.17. The summed E-state index contributed by atoms with van der Waals surface area (Å²) in [6, 6.07) is 15.0. The molecule has 2 unspecified atom stereocenters. The van der Waals surface area contributed by atoms with Crippen LogP contribution >= 0.6 is 0 Å². The zero-order valence-electron chi connectivity index (χ0n) is 17.1. The van der Waals surface area contributed by atoms with Gasteiger partial charge >= 0.3 is 5.97 Å². The van der Waals surface area contributed by atoms with E-state index < -0.39 is 12.1 Å². The maximum absolute atomic E-state index is 13.9. The summed E-state index contributed by atoms with van der Waals surface area (Å²) in [5.74, 6) is 0.0401. The monoisotopic (exact) mass is 386 g/mol. The number of alkyl halides is 1. The topological polar surface area (TPSA) is 35.5 Å². The number of carbonyl (C=O) groups excluding carboxylic acids is 1. The summed E-state index contributed by atoms with van der Waals surface area (Å²) in [7, 11) is 0. The van der Waals surface area contributed by atoms with Gasteiger partial charge in [0.25, 0.3) is 0 Å². The summed E-state index contributed by atoms with van der Waals surface area (Å²) in [5.41, 5.74) is 2.03. The third kappa shape index (κ3) is 6.66. The molecule has 152 valence electrons. The van der Waals surface area contributed by atoms with Crippen molar-refractivity contribution in [2.24, 2.45) is 5.92 Å². The molecule has 3 nitrogen and oxygen atoms in total. The van der Waals surface area contributed by atoms with Crippen molar-refractivity contribution in [2.75, 3.05) is 6.61 Å². The molecule has 0 fully saturated rings. The van der Waals surface area contributed by atoms with Crippen LogP contribution in [0.1, 0.15) is 52.9 Å². The van der Waals surface area contributed by atoms with Gasteiger partial charge in [-0.15, -0.1) is 0 Å². The van der Waals surface area contributed by atoms with Gasteiger partial charge in [-0.2, -0.15) is 0 Å². The van der Waals surface area contributed by atoms with Crippen LogP contribution < -0.4 is 9.47 Å². The van der Waals surface area contributed by atoms with Crippen molar-refractivity contribution >= 4 is 5.97 Å². The molecule has 0 heterocycles. The molecule has 0 saturated heterocycles. The van der Waals surface area contributed by atoms with Gasteiger partial charge in [0.2, 0.25) is 0 Å². The molecule has 0 N–H and O–H groups in total. The first-order valence-corrected chi connectivity index (χ1v) is 10.2. The number of unbranched alkanes of at least 4 members (excludes halogenated alkanes) is 3. The number of esters is 1. The van der Waals surface area contributed by atoms with E-state index in [0.29, 0.717) is 12.2 Å². The highest BCUT2D eigenvalue weighted by Crippen LogP contribution is 2.25. The predicted octanol–water partition coefficient (Wildman–Crippen LogP) is 6.60. The number of rotatable bonds is 11. The first-order valence-electron chi connectivity index (χ1n) is 10.2. The van der Waals surface area contributed by atoms with Gasteiger partial charge in [-0.1, -0.05) is 70.7 Å². The summed E-state index contributed by atoms with van der Waals surface area (Å²) < 4.78 is 24.8. The minimum absolute atomic E-state index is 0.348. The van der Waals surface area contributed by atoms with Gasteiger partial charge in [-0.25, -0.2) is 9.18 Å². The van der Waals surface area contributed by atoms with E-state index in [9.17, 15) is 9.18 Å². The fourth-order valence-electron chi connectivity index (χ4n) is 2.79. The molecule has 4 heteroatoms. The lowest BCUT2D eigenvalue weighted by molar-refractivity contribution is -0.141. The molecule has 0 aliphatic heterocycles. The SMILES string of the molecule is CCCCCCOc1ccc(-c2ccc(OC(=O)C(F)C(C)CC)cc2)cc1. The number of hydrogen-bond acceptors (Lipinski definition) is 3. The molecule has 0 bridgehead atoms. The molecule has 28 heavy (non-hydrogen) atoms. The quantitative estimate of drug-likeness (QED) is 0.248. The van der Waals surface area contributed by atoms with Crippen molar-refractivity contribution < 1.29 is 18.7 Å². The largest absolute Gasteiger partial charge is 0.494 e. The molecular formula is C24H31FO3. The summed E-state index contributed by atoms with van der Waals surface area (Å²) in [5, 5.41) is 0. The number of halogens is 1. The minimum Gasteiger partial charge on any atom is -0.494 e. The minimum atomic E-state index is -1.60. The fourth-order valence-corrected chi connectivity index (χ4v) is 2.79. The Morgan fingerprint density at radius 2 is 1.46 bits per heavy atom. The molecule has 0 aromatic heterocycles. The molecule has 2 rings (SSSR count). The van der Waals surface area contributed by atoms with E-state index in [1.807, 2.05) is 43.3 Å². The normalized spacial score (nSPS) is 13.0. The van der Waals surface area contributed by atoms with Crippen molar-refractivity contribution in [2.45, 2.75) is 59.0 Å². The highest BCUT2D eigenvalue weighted by molar-refractivity contribution is 5.77. The maximum atomic E-state index is 13.9. The second-order valence-corrected chi connectivity index (χ2v) is 7.17. The molecule has 0 aliphatic rings. The van der Waals surface area contributed by atoms with Crippen molar-refractivity contribution in [3.05, 3.63) is 48.5 Å². The molecule has 0 aliphatic carbocycles. The summed E-state index contributed by atoms with van der Waals surface area (Å²) >= 11 is 0. The number of ether oxygens (including phenoxy) is 2. The fraction of sp³-hybridized carbons (Fsp3) is 0.458. The number of benzene rings is 2. The Hall–Kier alpha value is -2.36. The van der Waals surface area contributed by atoms with E-state index in [1.54, 1.807) is 19.1 Å². The average molecular weight is 387 g/mol. The van der Waals surface area contributed by atoms with Gasteiger partial charge in [-0.3, -0.25) is 0 Å². The van der Waals surface area contributed by atoms with E-state index in [-0.39, 0.29) is 5.92 Å². The summed E-state index contributed by atoms with van der Waals surface area (Å²) in [4.78, 5) is 11.8. The maximum Gasteiger partial charge on any atom is 0.346 e. The average Bonchev–Trinajstić information content (AvgIpc) is 2.73. The number of hydrogen-bond donors (Lipinski definition) is 0. The van der Waals surface area contributed by atoms with Crippen LogP contribution in [0.25, 0.3) is 11.1 Å². The number of carbonyl (C=O) groups is 1. The lowest BCUT2D eigenvalue weighted by Gasteiger charge is -2.13. The molecule has 2 atom stereocenters. The van der Waals surface area contributed by atoms with Crippen molar-refractivity contribution in [1.82, 2.24) is 0 Å². The second kappa shape index (κ2) is 11.5. The van der Waals surface area contributed by atoms with E-state index in [0.717, 1.165) is 29.9 Å². The van der Waals surface area contributed by atoms with E-state index in [1.165, 1.54) is 19.3 Å². The first kappa shape index (κ1) is 21.9. The van der Waals surface area contributed by atoms with Gasteiger partial charge in [-0.05, 0) is 47.7 Å². The molecule has 0 saturated carbocycles. The van der Waals surface area contributed by atoms with Gasteiger partial charge < -0.3 is 9.47 Å². The van der Waals surface area contributed by atoms with Crippen LogP contribution in [0, 0.1) is 5.92 Å². The van der Waals surface area contributed by atoms with Crippen molar-refractivity contribution in [1.29, 1.82) is 0 Å². The summed E-state index contributed by atoms with van der Waals surface area (Å²) in [6.07, 6.45) is 3.74. The van der Waals surface area contributed by atoms with Gasteiger partial charge in [0, 0.05) is 0 Å². The third-order valence-electron chi connectivity index (χ3n) is 4.90.